The molecule has 3 rings (SSSR count). The number of carbonyl (C=O) groups excluding carboxylic acids is 3. The van der Waals surface area contributed by atoms with E-state index in [0.29, 0.717) is 13.1 Å². The Bertz CT molecular complexity index is 982. The smallest absolute Gasteiger partial charge is 0.273 e. The number of amides is 3. The lowest BCUT2D eigenvalue weighted by Crippen LogP contribution is -2.63. The fraction of sp³-hybridized carbons (Fsp3) is 0.455. The summed E-state index contributed by atoms with van der Waals surface area (Å²) in [7, 11) is 1.60. The van der Waals surface area contributed by atoms with Crippen molar-refractivity contribution in [2.24, 2.45) is 0 Å². The van der Waals surface area contributed by atoms with Crippen molar-refractivity contribution in [3.05, 3.63) is 47.5 Å². The summed E-state index contributed by atoms with van der Waals surface area (Å²) in [5.41, 5.74) is 0.0924. The molecule has 9 heteroatoms. The fourth-order valence-corrected chi connectivity index (χ4v) is 3.80. The highest BCUT2D eigenvalue weighted by Gasteiger charge is 2.48. The van der Waals surface area contributed by atoms with Crippen molar-refractivity contribution in [3.8, 4) is 5.75 Å². The largest absolute Gasteiger partial charge is 0.497 e. The lowest BCUT2D eigenvalue weighted by molar-refractivity contribution is -0.132. The van der Waals surface area contributed by atoms with Gasteiger partial charge in [-0.2, -0.15) is 0 Å². The van der Waals surface area contributed by atoms with E-state index in [1.54, 1.807) is 18.6 Å². The van der Waals surface area contributed by atoms with Gasteiger partial charge in [0.2, 0.25) is 5.91 Å². The van der Waals surface area contributed by atoms with E-state index >= 15 is 0 Å². The molecule has 1 aromatic carbocycles. The van der Waals surface area contributed by atoms with Crippen molar-refractivity contribution in [2.45, 2.75) is 52.4 Å². The maximum atomic E-state index is 13.3. The van der Waals surface area contributed by atoms with Crippen molar-refractivity contribution in [1.29, 1.82) is 0 Å². The van der Waals surface area contributed by atoms with Gasteiger partial charge in [-0.25, -0.2) is 4.98 Å². The standard InChI is InChI=1S/C22H29N5O4/c1-6-27-20(29)18-17(19(28)25-14(2)3)24-13-26(18)12-22(27,4)21(30)23-11-15-7-9-16(31-5)10-8-15/h7-10,13-14H,6,11-12H2,1-5H3,(H,23,30)(H,25,28)/t22-/m1/s1. The van der Waals surface area contributed by atoms with E-state index in [0.717, 1.165) is 11.3 Å². The van der Waals surface area contributed by atoms with Crippen LogP contribution >= 0.6 is 0 Å². The van der Waals surface area contributed by atoms with Crippen LogP contribution in [0.15, 0.2) is 30.6 Å². The Morgan fingerprint density at radius 2 is 1.94 bits per heavy atom. The molecule has 0 aliphatic carbocycles. The second kappa shape index (κ2) is 8.79. The van der Waals surface area contributed by atoms with Gasteiger partial charge in [-0.1, -0.05) is 12.1 Å². The molecule has 0 unspecified atom stereocenters. The summed E-state index contributed by atoms with van der Waals surface area (Å²) >= 11 is 0. The average Bonchev–Trinajstić information content (AvgIpc) is 3.16. The second-order valence-corrected chi connectivity index (χ2v) is 8.05. The van der Waals surface area contributed by atoms with Crippen molar-refractivity contribution in [3.63, 3.8) is 0 Å². The van der Waals surface area contributed by atoms with Crippen LogP contribution in [0.3, 0.4) is 0 Å². The first-order chi connectivity index (χ1) is 14.7. The normalized spacial score (nSPS) is 18.0. The summed E-state index contributed by atoms with van der Waals surface area (Å²) in [6.07, 6.45) is 1.45. The lowest BCUT2D eigenvalue weighted by Gasteiger charge is -2.43. The third-order valence-corrected chi connectivity index (χ3v) is 5.41. The van der Waals surface area contributed by atoms with E-state index in [1.165, 1.54) is 11.2 Å². The molecular weight excluding hydrogens is 398 g/mol. The van der Waals surface area contributed by atoms with Gasteiger partial charge in [0.15, 0.2) is 5.69 Å². The zero-order chi connectivity index (χ0) is 22.8. The van der Waals surface area contributed by atoms with Crippen molar-refractivity contribution in [1.82, 2.24) is 25.1 Å². The molecule has 0 saturated carbocycles. The zero-order valence-electron chi connectivity index (χ0n) is 18.6. The average molecular weight is 428 g/mol. The molecule has 0 fully saturated rings. The number of imidazole rings is 1. The van der Waals surface area contributed by atoms with Gasteiger partial charge in [-0.05, 0) is 45.4 Å². The van der Waals surface area contributed by atoms with Crippen LogP contribution in [0.2, 0.25) is 0 Å². The molecule has 31 heavy (non-hydrogen) atoms. The first-order valence-electron chi connectivity index (χ1n) is 10.3. The van der Waals surface area contributed by atoms with Crippen LogP contribution in [0, 0.1) is 0 Å². The third-order valence-electron chi connectivity index (χ3n) is 5.41. The summed E-state index contributed by atoms with van der Waals surface area (Å²) in [5, 5.41) is 5.70. The molecule has 166 valence electrons. The van der Waals surface area contributed by atoms with E-state index in [1.807, 2.05) is 45.0 Å². The van der Waals surface area contributed by atoms with E-state index in [-0.39, 0.29) is 35.8 Å². The molecule has 0 bridgehead atoms. The van der Waals surface area contributed by atoms with E-state index in [9.17, 15) is 14.4 Å². The van der Waals surface area contributed by atoms with Crippen LogP contribution in [0.1, 0.15) is 54.2 Å². The molecule has 2 aromatic rings. The van der Waals surface area contributed by atoms with Crippen molar-refractivity contribution >= 4 is 17.7 Å². The maximum Gasteiger partial charge on any atom is 0.273 e. The number of aromatic nitrogens is 2. The Labute approximate surface area is 181 Å². The summed E-state index contributed by atoms with van der Waals surface area (Å²) in [6.45, 7) is 8.07. The molecule has 1 aliphatic heterocycles. The molecule has 0 spiro atoms. The quantitative estimate of drug-likeness (QED) is 0.698. The second-order valence-electron chi connectivity index (χ2n) is 8.05. The number of likely N-dealkylation sites (N-methyl/N-ethyl adjacent to an activating group) is 1. The first-order valence-corrected chi connectivity index (χ1v) is 10.3. The number of fused-ring (bicyclic) bond motifs is 1. The predicted octanol–water partition coefficient (Wildman–Crippen LogP) is 1.58. The monoisotopic (exact) mass is 427 g/mol. The van der Waals surface area contributed by atoms with Gasteiger partial charge in [-0.15, -0.1) is 0 Å². The van der Waals surface area contributed by atoms with E-state index < -0.39 is 11.4 Å². The Hall–Kier alpha value is -3.36. The third kappa shape index (κ3) is 4.26. The molecule has 1 aromatic heterocycles. The summed E-state index contributed by atoms with van der Waals surface area (Å²) in [6, 6.07) is 7.32. The Morgan fingerprint density at radius 1 is 1.26 bits per heavy atom. The Balaban J connectivity index is 1.82. The van der Waals surface area contributed by atoms with E-state index in [4.69, 9.17) is 4.74 Å². The minimum absolute atomic E-state index is 0.0813. The molecule has 1 atom stereocenters. The van der Waals surface area contributed by atoms with Crippen LogP contribution in [-0.2, 0) is 17.9 Å². The summed E-state index contributed by atoms with van der Waals surface area (Å²) in [4.78, 5) is 44.6. The summed E-state index contributed by atoms with van der Waals surface area (Å²) in [5.74, 6) is -0.323. The Morgan fingerprint density at radius 3 is 2.52 bits per heavy atom. The van der Waals surface area contributed by atoms with Gasteiger partial charge in [0.05, 0.1) is 20.0 Å². The molecule has 1 aliphatic rings. The maximum absolute atomic E-state index is 13.3. The first kappa shape index (κ1) is 22.3. The predicted molar refractivity (Wildman–Crippen MR) is 115 cm³/mol. The van der Waals surface area contributed by atoms with Crippen LogP contribution in [0.4, 0.5) is 0 Å². The zero-order valence-corrected chi connectivity index (χ0v) is 18.6. The fourth-order valence-electron chi connectivity index (χ4n) is 3.80. The van der Waals surface area contributed by atoms with E-state index in [2.05, 4.69) is 15.6 Å². The van der Waals surface area contributed by atoms with Crippen molar-refractivity contribution < 1.29 is 19.1 Å². The highest BCUT2D eigenvalue weighted by molar-refractivity contribution is 6.07. The highest BCUT2D eigenvalue weighted by Crippen LogP contribution is 2.28. The van der Waals surface area contributed by atoms with Gasteiger partial charge in [-0.3, -0.25) is 14.4 Å². The van der Waals surface area contributed by atoms with Gasteiger partial charge in [0, 0.05) is 19.1 Å². The number of benzene rings is 1. The van der Waals surface area contributed by atoms with Gasteiger partial charge in [0.25, 0.3) is 11.8 Å². The number of nitrogens with one attached hydrogen (secondary N) is 2. The number of hydrogen-bond acceptors (Lipinski definition) is 5. The number of hydrogen-bond donors (Lipinski definition) is 2. The molecule has 0 saturated heterocycles. The van der Waals surface area contributed by atoms with Gasteiger partial charge >= 0.3 is 0 Å². The lowest BCUT2D eigenvalue weighted by atomic mass is 9.94. The van der Waals surface area contributed by atoms with Crippen LogP contribution in [-0.4, -0.2) is 57.4 Å². The topological polar surface area (TPSA) is 106 Å². The van der Waals surface area contributed by atoms with Crippen LogP contribution < -0.4 is 15.4 Å². The highest BCUT2D eigenvalue weighted by atomic mass is 16.5. The van der Waals surface area contributed by atoms with Crippen LogP contribution in [0.5, 0.6) is 5.75 Å². The number of ether oxygens (including phenoxy) is 1. The van der Waals surface area contributed by atoms with Gasteiger partial charge in [0.1, 0.15) is 17.0 Å². The Kier molecular flexibility index (Phi) is 6.33. The van der Waals surface area contributed by atoms with Crippen molar-refractivity contribution in [2.75, 3.05) is 13.7 Å². The summed E-state index contributed by atoms with van der Waals surface area (Å²) < 4.78 is 6.74. The molecule has 3 amide bonds. The number of rotatable bonds is 7. The van der Waals surface area contributed by atoms with Crippen LogP contribution in [0.25, 0.3) is 0 Å². The SMILES string of the molecule is CCN1C(=O)c2c(C(=O)NC(C)C)ncn2C[C@]1(C)C(=O)NCc1ccc(OC)cc1. The number of nitrogens with zero attached hydrogens (tertiary/aromatic N) is 3. The number of methoxy groups -OCH3 is 1. The molecule has 9 nitrogen and oxygen atoms in total. The minimum atomic E-state index is -1.11. The minimum Gasteiger partial charge on any atom is -0.497 e. The molecule has 0 radical (unpaired) electrons. The molecular formula is C22H29N5O4. The van der Waals surface area contributed by atoms with Gasteiger partial charge < -0.3 is 24.8 Å². The molecule has 2 heterocycles. The molecule has 2 N–H and O–H groups in total. The number of carbonyl (C=O) groups is 3.